The van der Waals surface area contributed by atoms with Gasteiger partial charge in [-0.1, -0.05) is 12.8 Å². The van der Waals surface area contributed by atoms with Crippen molar-refractivity contribution in [3.05, 3.63) is 0 Å². The van der Waals surface area contributed by atoms with Crippen LogP contribution in [-0.2, 0) is 23.7 Å². The minimum atomic E-state index is -0.422. The Morgan fingerprint density at radius 3 is 1.86 bits per heavy atom. The van der Waals surface area contributed by atoms with Gasteiger partial charge in [0.15, 0.2) is 17.9 Å². The predicted octanol–water partition coefficient (Wildman–Crippen LogP) is 2.86. The summed E-state index contributed by atoms with van der Waals surface area (Å²) in [5.74, 6) is -0.800. The zero-order chi connectivity index (χ0) is 14.6. The molecule has 0 aromatic rings. The van der Waals surface area contributed by atoms with Gasteiger partial charge in [-0.2, -0.15) is 0 Å². The van der Waals surface area contributed by atoms with Crippen LogP contribution in [0.25, 0.3) is 0 Å². The van der Waals surface area contributed by atoms with Gasteiger partial charge in [-0.25, -0.2) is 0 Å². The number of hydrogen-bond donors (Lipinski definition) is 0. The van der Waals surface area contributed by atoms with Crippen molar-refractivity contribution in [3.8, 4) is 0 Å². The largest absolute Gasteiger partial charge is 0.347 e. The average molecular weight is 310 g/mol. The highest BCUT2D eigenvalue weighted by atomic mass is 16.9. The van der Waals surface area contributed by atoms with E-state index in [0.29, 0.717) is 6.61 Å². The molecule has 5 nitrogen and oxygen atoms in total. The van der Waals surface area contributed by atoms with Gasteiger partial charge >= 0.3 is 0 Å². The first-order valence-electron chi connectivity index (χ1n) is 9.11. The second-order valence-corrected chi connectivity index (χ2v) is 7.58. The van der Waals surface area contributed by atoms with Crippen molar-refractivity contribution in [2.45, 2.75) is 100 Å². The van der Waals surface area contributed by atoms with E-state index in [2.05, 4.69) is 0 Å². The summed E-state index contributed by atoms with van der Waals surface area (Å²) in [7, 11) is 0. The van der Waals surface area contributed by atoms with E-state index in [0.717, 1.165) is 25.7 Å². The predicted molar refractivity (Wildman–Crippen MR) is 77.1 cm³/mol. The normalized spacial score (nSPS) is 45.8. The first kappa shape index (κ1) is 14.2. The maximum Gasteiger partial charge on any atom is 0.189 e. The molecule has 5 heteroatoms. The second kappa shape index (κ2) is 5.15. The van der Waals surface area contributed by atoms with Gasteiger partial charge in [0, 0.05) is 25.7 Å². The standard InChI is InChI=1S/C17H26O5/c1-3-7-16(8-4-1)19-12-11-18-15-14(13(12)20-16)21-17(22-15)9-5-2-6-10-17/h12-15H,1-11H2/t12-,13-,14+,15+/m1/s1. The van der Waals surface area contributed by atoms with Crippen LogP contribution < -0.4 is 0 Å². The molecule has 0 aromatic heterocycles. The highest BCUT2D eigenvalue weighted by molar-refractivity contribution is 4.99. The lowest BCUT2D eigenvalue weighted by Gasteiger charge is -2.33. The maximum absolute atomic E-state index is 6.43. The van der Waals surface area contributed by atoms with E-state index in [1.54, 1.807) is 0 Å². The van der Waals surface area contributed by atoms with Crippen molar-refractivity contribution >= 4 is 0 Å². The van der Waals surface area contributed by atoms with E-state index in [4.69, 9.17) is 23.7 Å². The number of rotatable bonds is 0. The Bertz CT molecular complexity index is 387. The van der Waals surface area contributed by atoms with E-state index in [9.17, 15) is 0 Å². The van der Waals surface area contributed by atoms with Gasteiger partial charge in [-0.3, -0.25) is 0 Å². The van der Waals surface area contributed by atoms with Crippen LogP contribution in [-0.4, -0.2) is 42.8 Å². The molecule has 0 aromatic carbocycles. The van der Waals surface area contributed by atoms with Crippen LogP contribution in [0.3, 0.4) is 0 Å². The summed E-state index contributed by atoms with van der Waals surface area (Å²) < 4.78 is 31.2. The van der Waals surface area contributed by atoms with Crippen molar-refractivity contribution in [3.63, 3.8) is 0 Å². The van der Waals surface area contributed by atoms with Crippen LogP contribution in [0, 0.1) is 0 Å². The van der Waals surface area contributed by atoms with E-state index >= 15 is 0 Å². The topological polar surface area (TPSA) is 46.2 Å². The fraction of sp³-hybridized carbons (Fsp3) is 1.00. The summed E-state index contributed by atoms with van der Waals surface area (Å²) in [5, 5.41) is 0. The molecular weight excluding hydrogens is 284 g/mol. The van der Waals surface area contributed by atoms with Crippen LogP contribution in [0.15, 0.2) is 0 Å². The highest BCUT2D eigenvalue weighted by Gasteiger charge is 2.61. The molecule has 3 heterocycles. The molecular formula is C17H26O5. The number of fused-ring (bicyclic) bond motifs is 3. The highest BCUT2D eigenvalue weighted by Crippen LogP contribution is 2.49. The third kappa shape index (κ3) is 2.17. The minimum absolute atomic E-state index is 0.00157. The zero-order valence-corrected chi connectivity index (χ0v) is 13.1. The Morgan fingerprint density at radius 1 is 0.591 bits per heavy atom. The van der Waals surface area contributed by atoms with Gasteiger partial charge in [0.1, 0.15) is 18.3 Å². The molecule has 22 heavy (non-hydrogen) atoms. The third-order valence-corrected chi connectivity index (χ3v) is 6.01. The maximum atomic E-state index is 6.43. The molecule has 2 aliphatic carbocycles. The van der Waals surface area contributed by atoms with E-state index < -0.39 is 5.79 Å². The molecule has 5 fully saturated rings. The minimum Gasteiger partial charge on any atom is -0.347 e. The lowest BCUT2D eigenvalue weighted by atomic mass is 9.94. The Kier molecular flexibility index (Phi) is 3.32. The van der Waals surface area contributed by atoms with Gasteiger partial charge in [-0.05, 0) is 25.7 Å². The van der Waals surface area contributed by atoms with Crippen LogP contribution in [0.4, 0.5) is 0 Å². The Balaban J connectivity index is 1.35. The average Bonchev–Trinajstić information content (AvgIpc) is 3.07. The second-order valence-electron chi connectivity index (χ2n) is 7.58. The summed E-state index contributed by atoms with van der Waals surface area (Å²) in [6, 6.07) is 0. The summed E-state index contributed by atoms with van der Waals surface area (Å²) in [6.45, 7) is 0.563. The molecule has 5 aliphatic rings. The number of hydrogen-bond acceptors (Lipinski definition) is 5. The molecule has 3 saturated heterocycles. The Labute approximate surface area is 131 Å². The van der Waals surface area contributed by atoms with Crippen molar-refractivity contribution < 1.29 is 23.7 Å². The lowest BCUT2D eigenvalue weighted by molar-refractivity contribution is -0.234. The first-order valence-corrected chi connectivity index (χ1v) is 9.11. The third-order valence-electron chi connectivity index (χ3n) is 6.01. The van der Waals surface area contributed by atoms with E-state index in [-0.39, 0.29) is 30.4 Å². The molecule has 3 aliphatic heterocycles. The lowest BCUT2D eigenvalue weighted by Crippen LogP contribution is -2.50. The van der Waals surface area contributed by atoms with Gasteiger partial charge in [0.25, 0.3) is 0 Å². The molecule has 2 spiro atoms. The van der Waals surface area contributed by atoms with Crippen molar-refractivity contribution in [1.82, 2.24) is 0 Å². The van der Waals surface area contributed by atoms with Gasteiger partial charge in [0.05, 0.1) is 6.61 Å². The van der Waals surface area contributed by atoms with E-state index in [1.165, 1.54) is 38.5 Å². The van der Waals surface area contributed by atoms with Crippen molar-refractivity contribution in [1.29, 1.82) is 0 Å². The fourth-order valence-corrected chi connectivity index (χ4v) is 4.90. The monoisotopic (exact) mass is 310 g/mol. The molecule has 0 unspecified atom stereocenters. The summed E-state index contributed by atoms with van der Waals surface area (Å²) >= 11 is 0. The van der Waals surface area contributed by atoms with Crippen LogP contribution in [0.2, 0.25) is 0 Å². The molecule has 0 amide bonds. The number of ether oxygens (including phenoxy) is 5. The van der Waals surface area contributed by atoms with Crippen LogP contribution in [0.1, 0.15) is 64.2 Å². The molecule has 2 saturated carbocycles. The molecule has 0 radical (unpaired) electrons. The molecule has 5 rings (SSSR count). The van der Waals surface area contributed by atoms with Gasteiger partial charge in [0.2, 0.25) is 0 Å². The van der Waals surface area contributed by atoms with E-state index in [1.807, 2.05) is 0 Å². The molecule has 4 atom stereocenters. The van der Waals surface area contributed by atoms with Crippen molar-refractivity contribution in [2.24, 2.45) is 0 Å². The van der Waals surface area contributed by atoms with Crippen LogP contribution in [0.5, 0.6) is 0 Å². The molecule has 124 valence electrons. The van der Waals surface area contributed by atoms with Gasteiger partial charge < -0.3 is 23.7 Å². The van der Waals surface area contributed by atoms with Crippen molar-refractivity contribution in [2.75, 3.05) is 6.61 Å². The fourth-order valence-electron chi connectivity index (χ4n) is 4.90. The summed E-state index contributed by atoms with van der Waals surface area (Å²) in [5.41, 5.74) is 0. The molecule has 0 bridgehead atoms. The SMILES string of the molecule is C1CCC2(CC1)O[C@@H]1OC[C@H]3OC4(CCCCC4)O[C@H]3[C@@H]1O2. The first-order chi connectivity index (χ1) is 10.8. The Morgan fingerprint density at radius 2 is 1.18 bits per heavy atom. The summed E-state index contributed by atoms with van der Waals surface area (Å²) in [4.78, 5) is 0. The molecule has 0 N–H and O–H groups in total. The van der Waals surface area contributed by atoms with Crippen LogP contribution >= 0.6 is 0 Å². The quantitative estimate of drug-likeness (QED) is 0.688. The smallest absolute Gasteiger partial charge is 0.189 e. The van der Waals surface area contributed by atoms with Gasteiger partial charge in [-0.15, -0.1) is 0 Å². The summed E-state index contributed by atoms with van der Waals surface area (Å²) in [6.07, 6.45) is 10.8. The zero-order valence-electron chi connectivity index (χ0n) is 13.1. The Hall–Kier alpha value is -0.200.